The predicted octanol–water partition coefficient (Wildman–Crippen LogP) is 14.5. The number of rotatable bonds is 6. The first-order chi connectivity index (χ1) is 31.2. The smallest absolute Gasteiger partial charge is 0.164 e. The Morgan fingerprint density at radius 3 is 1.08 bits per heavy atom. The highest BCUT2D eigenvalue weighted by Gasteiger charge is 2.51. The van der Waals surface area contributed by atoms with Gasteiger partial charge in [0, 0.05) is 33.5 Å². The van der Waals surface area contributed by atoms with E-state index >= 15 is 0 Å². The zero-order chi connectivity index (χ0) is 41.7. The fourth-order valence-electron chi connectivity index (χ4n) is 9.51. The molecular weight excluding hydrogens is 769 g/mol. The second-order valence-corrected chi connectivity index (χ2v) is 16.0. The monoisotopic (exact) mass is 806 g/mol. The van der Waals surface area contributed by atoms with E-state index in [1.165, 1.54) is 11.1 Å². The zero-order valence-corrected chi connectivity index (χ0v) is 34.1. The van der Waals surface area contributed by atoms with Crippen molar-refractivity contribution < 1.29 is 4.74 Å². The third kappa shape index (κ3) is 6.05. The van der Waals surface area contributed by atoms with E-state index in [9.17, 15) is 0 Å². The lowest BCUT2D eigenvalue weighted by Gasteiger charge is -2.49. The molecule has 5 nitrogen and oxygen atoms in total. The normalized spacial score (nSPS) is 13.0. The minimum atomic E-state index is -0.727. The second kappa shape index (κ2) is 14.9. The van der Waals surface area contributed by atoms with E-state index in [1.807, 2.05) is 60.7 Å². The third-order valence-electron chi connectivity index (χ3n) is 12.4. The van der Waals surface area contributed by atoms with Crippen LogP contribution in [0.5, 0.6) is 11.5 Å². The molecule has 3 heterocycles. The summed E-state index contributed by atoms with van der Waals surface area (Å²) in [5.74, 6) is 3.58. The Morgan fingerprint density at radius 2 is 0.651 bits per heavy atom. The van der Waals surface area contributed by atoms with Gasteiger partial charge in [0.1, 0.15) is 11.5 Å². The predicted molar refractivity (Wildman–Crippen MR) is 254 cm³/mol. The molecule has 0 aliphatic carbocycles. The van der Waals surface area contributed by atoms with E-state index in [0.717, 1.165) is 78.6 Å². The molecule has 1 spiro atoms. The first kappa shape index (κ1) is 36.4. The molecule has 0 N–H and O–H groups in total. The third-order valence-corrected chi connectivity index (χ3v) is 12.4. The van der Waals surface area contributed by atoms with Gasteiger partial charge in [0.15, 0.2) is 17.5 Å². The van der Waals surface area contributed by atoms with Crippen LogP contribution in [-0.4, -0.2) is 15.0 Å². The molecule has 9 aromatic carbocycles. The van der Waals surface area contributed by atoms with Crippen molar-refractivity contribution in [1.29, 1.82) is 0 Å². The van der Waals surface area contributed by atoms with Gasteiger partial charge in [0.2, 0.25) is 0 Å². The standard InChI is InChI=1S/C58H38N4O/c1-5-17-39(18-6-1)44-31-35-51-49(37-44)58(47-25-13-15-27-53(47)63-54-28-16-14-26-48(54)58)50-38-45(40-19-7-2-8-20-40)32-36-52(50)62(51)46-33-29-43(30-34-46)57-60-55(41-21-9-3-10-22-41)59-56(61-57)42-23-11-4-12-24-42/h1-38H. The highest BCUT2D eigenvalue weighted by Crippen LogP contribution is 2.63. The molecule has 0 amide bonds. The summed E-state index contributed by atoms with van der Waals surface area (Å²) in [6.45, 7) is 0. The minimum Gasteiger partial charge on any atom is -0.457 e. The Hall–Kier alpha value is -8.41. The van der Waals surface area contributed by atoms with Gasteiger partial charge in [-0.25, -0.2) is 15.0 Å². The maximum Gasteiger partial charge on any atom is 0.164 e. The fraction of sp³-hybridized carbons (Fsp3) is 0.0172. The summed E-state index contributed by atoms with van der Waals surface area (Å²) in [4.78, 5) is 17.4. The molecule has 0 fully saturated rings. The van der Waals surface area contributed by atoms with Crippen molar-refractivity contribution in [2.45, 2.75) is 5.41 Å². The van der Waals surface area contributed by atoms with Crippen molar-refractivity contribution in [2.75, 3.05) is 4.90 Å². The number of benzene rings is 9. The number of nitrogens with zero attached hydrogens (tertiary/aromatic N) is 4. The lowest BCUT2D eigenvalue weighted by molar-refractivity contribution is 0.434. The molecule has 10 aromatic rings. The van der Waals surface area contributed by atoms with Gasteiger partial charge >= 0.3 is 0 Å². The van der Waals surface area contributed by atoms with Gasteiger partial charge in [-0.05, 0) is 94.0 Å². The van der Waals surface area contributed by atoms with Gasteiger partial charge in [-0.3, -0.25) is 0 Å². The van der Waals surface area contributed by atoms with Gasteiger partial charge in [0.25, 0.3) is 0 Å². The number of aromatic nitrogens is 3. The molecule has 296 valence electrons. The lowest BCUT2D eigenvalue weighted by atomic mass is 9.60. The first-order valence-electron chi connectivity index (χ1n) is 21.3. The van der Waals surface area contributed by atoms with Crippen LogP contribution in [0.2, 0.25) is 0 Å². The average Bonchev–Trinajstić information content (AvgIpc) is 3.37. The molecular formula is C58H38N4O. The Labute approximate surface area is 366 Å². The fourth-order valence-corrected chi connectivity index (χ4v) is 9.51. The van der Waals surface area contributed by atoms with Crippen LogP contribution >= 0.6 is 0 Å². The molecule has 2 aliphatic heterocycles. The van der Waals surface area contributed by atoms with E-state index in [4.69, 9.17) is 19.7 Å². The van der Waals surface area contributed by atoms with E-state index in [0.29, 0.717) is 17.5 Å². The molecule has 63 heavy (non-hydrogen) atoms. The van der Waals surface area contributed by atoms with Gasteiger partial charge in [-0.15, -0.1) is 0 Å². The van der Waals surface area contributed by atoms with Crippen molar-refractivity contribution in [3.63, 3.8) is 0 Å². The molecule has 0 saturated carbocycles. The minimum absolute atomic E-state index is 0.614. The van der Waals surface area contributed by atoms with Crippen molar-refractivity contribution in [3.8, 4) is 67.9 Å². The van der Waals surface area contributed by atoms with Crippen molar-refractivity contribution in [2.24, 2.45) is 0 Å². The summed E-state index contributed by atoms with van der Waals surface area (Å²) in [5.41, 5.74) is 14.4. The molecule has 0 unspecified atom stereocenters. The van der Waals surface area contributed by atoms with E-state index in [-0.39, 0.29) is 0 Å². The SMILES string of the molecule is c1ccc(-c2ccc3c(c2)C2(c4ccccc4Oc4ccccc42)c2cc(-c4ccccc4)ccc2N3c2ccc(-c3nc(-c4ccccc4)nc(-c4ccccc4)n3)cc2)cc1. The summed E-state index contributed by atoms with van der Waals surface area (Å²) in [7, 11) is 0. The number of hydrogen-bond donors (Lipinski definition) is 0. The summed E-state index contributed by atoms with van der Waals surface area (Å²) >= 11 is 0. The van der Waals surface area contributed by atoms with Crippen LogP contribution in [0.1, 0.15) is 22.3 Å². The quantitative estimate of drug-likeness (QED) is 0.167. The van der Waals surface area contributed by atoms with Gasteiger partial charge in [0.05, 0.1) is 16.8 Å². The van der Waals surface area contributed by atoms with E-state index in [2.05, 4.69) is 175 Å². The van der Waals surface area contributed by atoms with Gasteiger partial charge < -0.3 is 9.64 Å². The van der Waals surface area contributed by atoms with Gasteiger partial charge in [-0.2, -0.15) is 0 Å². The first-order valence-corrected chi connectivity index (χ1v) is 21.3. The number of hydrogen-bond acceptors (Lipinski definition) is 5. The molecule has 12 rings (SSSR count). The van der Waals surface area contributed by atoms with E-state index in [1.54, 1.807) is 0 Å². The Bertz CT molecular complexity index is 3100. The number of fused-ring (bicyclic) bond motifs is 8. The lowest BCUT2D eigenvalue weighted by Crippen LogP contribution is -2.39. The number of anilines is 3. The van der Waals surface area contributed by atoms with Crippen LogP contribution in [0, 0.1) is 0 Å². The second-order valence-electron chi connectivity index (χ2n) is 16.0. The van der Waals surface area contributed by atoms with Crippen molar-refractivity contribution in [1.82, 2.24) is 15.0 Å². The maximum absolute atomic E-state index is 6.77. The average molecular weight is 807 g/mol. The van der Waals surface area contributed by atoms with Crippen LogP contribution < -0.4 is 9.64 Å². The Morgan fingerprint density at radius 1 is 0.302 bits per heavy atom. The van der Waals surface area contributed by atoms with Crippen molar-refractivity contribution >= 4 is 17.1 Å². The Balaban J connectivity index is 1.10. The summed E-state index contributed by atoms with van der Waals surface area (Å²) in [5, 5.41) is 0. The summed E-state index contributed by atoms with van der Waals surface area (Å²) in [6, 6.07) is 81.2. The van der Waals surface area contributed by atoms with Crippen molar-refractivity contribution in [3.05, 3.63) is 253 Å². The topological polar surface area (TPSA) is 51.1 Å². The summed E-state index contributed by atoms with van der Waals surface area (Å²) < 4.78 is 6.77. The highest BCUT2D eigenvalue weighted by molar-refractivity contribution is 5.93. The Kier molecular flexibility index (Phi) is 8.64. The number of ether oxygens (including phenoxy) is 1. The maximum atomic E-state index is 6.77. The van der Waals surface area contributed by atoms with Crippen LogP contribution in [-0.2, 0) is 5.41 Å². The van der Waals surface area contributed by atoms with Gasteiger partial charge in [-0.1, -0.05) is 170 Å². The number of para-hydroxylation sites is 2. The largest absolute Gasteiger partial charge is 0.457 e. The molecule has 0 atom stereocenters. The molecule has 5 heteroatoms. The molecule has 2 aliphatic rings. The van der Waals surface area contributed by atoms with Crippen LogP contribution in [0.4, 0.5) is 17.1 Å². The summed E-state index contributed by atoms with van der Waals surface area (Å²) in [6.07, 6.45) is 0. The van der Waals surface area contributed by atoms with Crippen LogP contribution in [0.15, 0.2) is 231 Å². The highest BCUT2D eigenvalue weighted by atomic mass is 16.5. The van der Waals surface area contributed by atoms with Crippen LogP contribution in [0.3, 0.4) is 0 Å². The molecule has 0 radical (unpaired) electrons. The van der Waals surface area contributed by atoms with E-state index < -0.39 is 5.41 Å². The molecule has 0 saturated heterocycles. The molecule has 0 bridgehead atoms. The zero-order valence-electron chi connectivity index (χ0n) is 34.1. The molecule has 1 aromatic heterocycles. The van der Waals surface area contributed by atoms with Crippen LogP contribution in [0.25, 0.3) is 56.4 Å².